The van der Waals surface area contributed by atoms with Crippen molar-refractivity contribution >= 4 is 11.4 Å². The molecule has 3 nitrogen and oxygen atoms in total. The van der Waals surface area contributed by atoms with Crippen LogP contribution in [0.1, 0.15) is 16.7 Å². The van der Waals surface area contributed by atoms with Crippen molar-refractivity contribution in [3.8, 4) is 11.5 Å². The van der Waals surface area contributed by atoms with Crippen LogP contribution in [0.3, 0.4) is 0 Å². The number of phenolic OH excluding ortho intramolecular Hbond substituents is 2. The second-order valence-corrected chi connectivity index (χ2v) is 7.44. The molecular weight excluding hydrogens is 358 g/mol. The normalized spacial score (nSPS) is 14.6. The summed E-state index contributed by atoms with van der Waals surface area (Å²) >= 11 is 0. The number of anilines is 2. The van der Waals surface area contributed by atoms with Gasteiger partial charge in [0.05, 0.1) is 5.41 Å². The highest BCUT2D eigenvalue weighted by atomic mass is 16.3. The highest BCUT2D eigenvalue weighted by Gasteiger charge is 2.45. The van der Waals surface area contributed by atoms with Gasteiger partial charge in [-0.05, 0) is 59.2 Å². The summed E-state index contributed by atoms with van der Waals surface area (Å²) in [6.45, 7) is 0.728. The van der Waals surface area contributed by atoms with Crippen LogP contribution in [0.2, 0.25) is 0 Å². The average molecular weight is 379 g/mol. The first kappa shape index (κ1) is 17.4. The van der Waals surface area contributed by atoms with E-state index in [1.807, 2.05) is 30.3 Å². The zero-order valence-corrected chi connectivity index (χ0v) is 15.9. The van der Waals surface area contributed by atoms with Crippen LogP contribution in [0.15, 0.2) is 103 Å². The van der Waals surface area contributed by atoms with Crippen LogP contribution in [0.25, 0.3) is 0 Å². The molecule has 1 heterocycles. The van der Waals surface area contributed by atoms with Gasteiger partial charge < -0.3 is 15.1 Å². The van der Waals surface area contributed by atoms with E-state index in [0.717, 1.165) is 23.4 Å². The van der Waals surface area contributed by atoms with Gasteiger partial charge in [-0.15, -0.1) is 0 Å². The third kappa shape index (κ3) is 2.74. The van der Waals surface area contributed by atoms with E-state index >= 15 is 0 Å². The summed E-state index contributed by atoms with van der Waals surface area (Å²) in [7, 11) is 0. The molecule has 1 aliphatic heterocycles. The molecule has 0 saturated carbocycles. The molecule has 0 radical (unpaired) electrons. The van der Waals surface area contributed by atoms with E-state index < -0.39 is 5.41 Å². The molecule has 0 unspecified atom stereocenters. The number of nitrogens with zero attached hydrogens (tertiary/aromatic N) is 1. The fourth-order valence-corrected chi connectivity index (χ4v) is 4.47. The fourth-order valence-electron chi connectivity index (χ4n) is 4.47. The number of hydrogen-bond donors (Lipinski definition) is 2. The largest absolute Gasteiger partial charge is 0.508 e. The first-order valence-electron chi connectivity index (χ1n) is 9.69. The van der Waals surface area contributed by atoms with E-state index in [0.29, 0.717) is 0 Å². The monoisotopic (exact) mass is 379 g/mol. The topological polar surface area (TPSA) is 43.7 Å². The van der Waals surface area contributed by atoms with Crippen molar-refractivity contribution in [2.75, 3.05) is 11.4 Å². The van der Waals surface area contributed by atoms with Gasteiger partial charge in [-0.3, -0.25) is 0 Å². The minimum absolute atomic E-state index is 0.251. The first-order chi connectivity index (χ1) is 14.2. The van der Waals surface area contributed by atoms with Crippen molar-refractivity contribution in [1.29, 1.82) is 0 Å². The van der Waals surface area contributed by atoms with Crippen LogP contribution >= 0.6 is 0 Å². The average Bonchev–Trinajstić information content (AvgIpc) is 3.12. The lowest BCUT2D eigenvalue weighted by molar-refractivity contribution is 0.474. The van der Waals surface area contributed by atoms with Crippen LogP contribution in [0.4, 0.5) is 11.4 Å². The van der Waals surface area contributed by atoms with Gasteiger partial charge in [0.2, 0.25) is 0 Å². The van der Waals surface area contributed by atoms with Gasteiger partial charge in [0.15, 0.2) is 0 Å². The second-order valence-electron chi connectivity index (χ2n) is 7.44. The van der Waals surface area contributed by atoms with Gasteiger partial charge in [-0.25, -0.2) is 0 Å². The lowest BCUT2D eigenvalue weighted by Gasteiger charge is -2.32. The molecule has 0 aromatic heterocycles. The maximum absolute atomic E-state index is 9.87. The van der Waals surface area contributed by atoms with Crippen LogP contribution in [0.5, 0.6) is 11.5 Å². The van der Waals surface area contributed by atoms with E-state index in [2.05, 4.69) is 53.4 Å². The Bertz CT molecular complexity index is 1090. The van der Waals surface area contributed by atoms with E-state index in [1.165, 1.54) is 11.3 Å². The molecule has 0 spiro atoms. The number of rotatable bonds is 3. The number of hydrogen-bond acceptors (Lipinski definition) is 3. The molecule has 29 heavy (non-hydrogen) atoms. The van der Waals surface area contributed by atoms with Gasteiger partial charge >= 0.3 is 0 Å². The number of benzene rings is 4. The predicted octanol–water partition coefficient (Wildman–Crippen LogP) is 5.58. The molecule has 4 aromatic rings. The predicted molar refractivity (Wildman–Crippen MR) is 116 cm³/mol. The highest BCUT2D eigenvalue weighted by molar-refractivity contribution is 5.77. The van der Waals surface area contributed by atoms with Crippen molar-refractivity contribution in [1.82, 2.24) is 0 Å². The molecular formula is C26H21NO2. The Hall–Kier alpha value is -3.72. The van der Waals surface area contributed by atoms with Gasteiger partial charge in [-0.1, -0.05) is 60.7 Å². The molecule has 4 aromatic carbocycles. The number of phenols is 2. The molecule has 142 valence electrons. The van der Waals surface area contributed by atoms with Crippen molar-refractivity contribution in [3.63, 3.8) is 0 Å². The first-order valence-corrected chi connectivity index (χ1v) is 9.69. The molecule has 0 saturated heterocycles. The zero-order chi connectivity index (χ0) is 19.8. The summed E-state index contributed by atoms with van der Waals surface area (Å²) in [5.41, 5.74) is 5.30. The highest BCUT2D eigenvalue weighted by Crippen LogP contribution is 2.51. The van der Waals surface area contributed by atoms with Crippen LogP contribution in [-0.2, 0) is 5.41 Å². The molecule has 0 fully saturated rings. The van der Waals surface area contributed by atoms with Gasteiger partial charge in [0.1, 0.15) is 11.5 Å². The third-order valence-corrected chi connectivity index (χ3v) is 5.84. The van der Waals surface area contributed by atoms with Crippen molar-refractivity contribution < 1.29 is 10.2 Å². The maximum atomic E-state index is 9.87. The van der Waals surface area contributed by atoms with Gasteiger partial charge in [0, 0.05) is 17.9 Å². The Balaban J connectivity index is 1.79. The second kappa shape index (κ2) is 6.71. The minimum atomic E-state index is -0.423. The quantitative estimate of drug-likeness (QED) is 0.488. The molecule has 0 amide bonds. The smallest absolute Gasteiger partial charge is 0.115 e. The SMILES string of the molecule is Oc1ccc(C2(c3ccc(O)cc3)CN(c3ccccc3)c3ccccc32)cc1. The van der Waals surface area contributed by atoms with Crippen LogP contribution < -0.4 is 4.90 Å². The van der Waals surface area contributed by atoms with Gasteiger partial charge in [-0.2, -0.15) is 0 Å². The third-order valence-electron chi connectivity index (χ3n) is 5.84. The zero-order valence-electron chi connectivity index (χ0n) is 15.9. The number of aromatic hydroxyl groups is 2. The summed E-state index contributed by atoms with van der Waals surface area (Å²) in [6, 6.07) is 33.8. The number of para-hydroxylation sites is 2. The van der Waals surface area contributed by atoms with Crippen LogP contribution in [0, 0.1) is 0 Å². The lowest BCUT2D eigenvalue weighted by Crippen LogP contribution is -2.34. The Morgan fingerprint density at radius 3 is 1.69 bits per heavy atom. The molecule has 0 aliphatic carbocycles. The van der Waals surface area contributed by atoms with Crippen molar-refractivity contribution in [3.05, 3.63) is 120 Å². The molecule has 0 atom stereocenters. The Morgan fingerprint density at radius 1 is 0.586 bits per heavy atom. The summed E-state index contributed by atoms with van der Waals surface area (Å²) in [5.74, 6) is 0.501. The van der Waals surface area contributed by atoms with E-state index in [4.69, 9.17) is 0 Å². The van der Waals surface area contributed by atoms with Crippen molar-refractivity contribution in [2.24, 2.45) is 0 Å². The van der Waals surface area contributed by atoms with E-state index in [-0.39, 0.29) is 11.5 Å². The Kier molecular flexibility index (Phi) is 4.02. The van der Waals surface area contributed by atoms with Crippen LogP contribution in [-0.4, -0.2) is 16.8 Å². The van der Waals surface area contributed by atoms with Gasteiger partial charge in [0.25, 0.3) is 0 Å². The molecule has 1 aliphatic rings. The van der Waals surface area contributed by atoms with E-state index in [9.17, 15) is 10.2 Å². The number of fused-ring (bicyclic) bond motifs is 1. The molecule has 0 bridgehead atoms. The van der Waals surface area contributed by atoms with E-state index in [1.54, 1.807) is 24.3 Å². The standard InChI is InChI=1S/C26H21NO2/c28-22-14-10-19(11-15-22)26(20-12-16-23(29)17-13-20)18-27(21-6-2-1-3-7-21)25-9-5-4-8-24(25)26/h1-17,28-29H,18H2. The Labute approximate surface area is 170 Å². The molecule has 5 rings (SSSR count). The molecule has 3 heteroatoms. The minimum Gasteiger partial charge on any atom is -0.508 e. The summed E-state index contributed by atoms with van der Waals surface area (Å²) in [6.07, 6.45) is 0. The van der Waals surface area contributed by atoms with Crippen molar-refractivity contribution in [2.45, 2.75) is 5.41 Å². The maximum Gasteiger partial charge on any atom is 0.115 e. The summed E-state index contributed by atoms with van der Waals surface area (Å²) in [5, 5.41) is 19.7. The lowest BCUT2D eigenvalue weighted by atomic mass is 9.71. The fraction of sp³-hybridized carbons (Fsp3) is 0.0769. The molecule has 2 N–H and O–H groups in total. The Morgan fingerprint density at radius 2 is 1.10 bits per heavy atom. The summed E-state index contributed by atoms with van der Waals surface area (Å²) < 4.78 is 0. The summed E-state index contributed by atoms with van der Waals surface area (Å²) in [4.78, 5) is 2.34.